The summed E-state index contributed by atoms with van der Waals surface area (Å²) in [6, 6.07) is 0. The molecule has 0 atom stereocenters. The lowest BCUT2D eigenvalue weighted by Gasteiger charge is -1.76. The first kappa shape index (κ1) is 5.15. The van der Waals surface area contributed by atoms with Gasteiger partial charge in [-0.05, 0) is 11.8 Å². The largest absolute Gasteiger partial charge is 0.0908 e. The van der Waals surface area contributed by atoms with E-state index in [2.05, 4.69) is 12.2 Å². The van der Waals surface area contributed by atoms with Crippen LogP contribution in [0, 0.1) is 0 Å². The Morgan fingerprint density at radius 1 is 2.00 bits per heavy atom. The molecule has 0 fully saturated rings. The zero-order valence-electron chi connectivity index (χ0n) is 3.19. The summed E-state index contributed by atoms with van der Waals surface area (Å²) in [5, 5.41) is 0. The van der Waals surface area contributed by atoms with Crippen molar-refractivity contribution < 1.29 is 0 Å². The molecule has 2 radical (unpaired) electrons. The van der Waals surface area contributed by atoms with Crippen molar-refractivity contribution >= 4 is 24.9 Å². The van der Waals surface area contributed by atoms with E-state index in [1.165, 1.54) is 0 Å². The molecule has 5 heavy (non-hydrogen) atoms. The van der Waals surface area contributed by atoms with Gasteiger partial charge in [-0.2, -0.15) is 0 Å². The van der Waals surface area contributed by atoms with E-state index in [-0.39, 0.29) is 0 Å². The van der Waals surface area contributed by atoms with E-state index in [4.69, 9.17) is 7.85 Å². The van der Waals surface area contributed by atoms with Crippen LogP contribution in [-0.4, -0.2) is 12.7 Å². The number of hydrogen-bond acceptors (Lipinski definition) is 1. The quantitative estimate of drug-likeness (QED) is 0.337. The van der Waals surface area contributed by atoms with Crippen LogP contribution in [-0.2, 0) is 0 Å². The molecule has 0 aliphatic carbocycles. The molecule has 0 unspecified atom stereocenters. The highest BCUT2D eigenvalue weighted by atomic mass is 32.1. The fourth-order valence-electron chi connectivity index (χ4n) is 0. The Balaban J connectivity index is 2.85. The zero-order valence-corrected chi connectivity index (χ0v) is 4.01. The van der Waals surface area contributed by atoms with Crippen molar-refractivity contribution in [3.8, 4) is 0 Å². The Labute approximate surface area is 39.0 Å². The monoisotopic (exact) mass is 84.0 g/mol. The van der Waals surface area contributed by atoms with Gasteiger partial charge in [0.05, 0.1) is 7.85 Å². The van der Waals surface area contributed by atoms with Gasteiger partial charge in [0, 0.05) is 0 Å². The van der Waals surface area contributed by atoms with Gasteiger partial charge in [-0.15, -0.1) is 0 Å². The van der Waals surface area contributed by atoms with E-state index in [1.807, 2.05) is 6.92 Å². The molecule has 2 heteroatoms. The van der Waals surface area contributed by atoms with Gasteiger partial charge in [-0.25, -0.2) is 0 Å². The van der Waals surface area contributed by atoms with Gasteiger partial charge in [0.2, 0.25) is 0 Å². The molecule has 0 bridgehead atoms. The van der Waals surface area contributed by atoms with Crippen LogP contribution >= 0.6 is 12.2 Å². The van der Waals surface area contributed by atoms with E-state index < -0.39 is 0 Å². The predicted octanol–water partition coefficient (Wildman–Crippen LogP) is 0.963. The predicted molar refractivity (Wildman–Crippen MR) is 28.8 cm³/mol. The Bertz CT molecular complexity index is 42.2. The van der Waals surface area contributed by atoms with Crippen molar-refractivity contribution in [2.45, 2.75) is 13.2 Å². The fourth-order valence-corrected chi connectivity index (χ4v) is 0. The minimum Gasteiger partial charge on any atom is -0.0908 e. The van der Waals surface area contributed by atoms with Crippen LogP contribution in [0.5, 0.6) is 0 Å². The van der Waals surface area contributed by atoms with Crippen molar-refractivity contribution in [3.63, 3.8) is 0 Å². The lowest BCUT2D eigenvalue weighted by Crippen LogP contribution is -1.78. The maximum atomic E-state index is 5.03. The first-order valence-corrected chi connectivity index (χ1v) is 1.87. The molecular weight excluding hydrogens is 78.9 g/mol. The summed E-state index contributed by atoms with van der Waals surface area (Å²) in [6.45, 7) is 1.83. The van der Waals surface area contributed by atoms with Crippen LogP contribution in [0.15, 0.2) is 0 Å². The molecule has 0 aromatic rings. The Hall–Kier alpha value is 0.155. The van der Waals surface area contributed by atoms with E-state index in [9.17, 15) is 0 Å². The first-order chi connectivity index (χ1) is 2.27. The highest BCUT2D eigenvalue weighted by Gasteiger charge is 1.71. The van der Waals surface area contributed by atoms with E-state index in [1.54, 1.807) is 0 Å². The molecule has 0 heterocycles. The second kappa shape index (κ2) is 2.40. The fraction of sp³-hybridized carbons (Fsp3) is 0.667. The molecule has 26 valence electrons. The summed E-state index contributed by atoms with van der Waals surface area (Å²) in [6.07, 6.45) is 0.537. The molecule has 0 aliphatic heterocycles. The summed E-state index contributed by atoms with van der Waals surface area (Å²) >= 11 is 4.57. The molecule has 0 nitrogen and oxygen atoms in total. The summed E-state index contributed by atoms with van der Waals surface area (Å²) in [4.78, 5) is 0.866. The number of rotatable bonds is 1. The SMILES string of the molecule is [B]CC(C)=S. The van der Waals surface area contributed by atoms with Gasteiger partial charge in [-0.1, -0.05) is 18.5 Å². The summed E-state index contributed by atoms with van der Waals surface area (Å²) in [7, 11) is 5.03. The highest BCUT2D eigenvalue weighted by molar-refractivity contribution is 7.80. The van der Waals surface area contributed by atoms with Gasteiger partial charge >= 0.3 is 0 Å². The Morgan fingerprint density at radius 3 is 2.20 bits per heavy atom. The minimum absolute atomic E-state index is 0.537. The normalized spacial score (nSPS) is 7.40. The average Bonchev–Trinajstić information content (AvgIpc) is 1.38. The minimum atomic E-state index is 0.537. The second-order valence-corrected chi connectivity index (χ2v) is 1.60. The molecule has 0 amide bonds. The van der Waals surface area contributed by atoms with Gasteiger partial charge in [0.1, 0.15) is 0 Å². The third-order valence-corrected chi connectivity index (χ3v) is 0.454. The molecule has 0 aromatic carbocycles. The lowest BCUT2D eigenvalue weighted by molar-refractivity contribution is 1.82. The molecule has 0 saturated carbocycles. The lowest BCUT2D eigenvalue weighted by atomic mass is 10.0. The Kier molecular flexibility index (Phi) is 2.47. The first-order valence-electron chi connectivity index (χ1n) is 1.47. The molecule has 0 aromatic heterocycles. The summed E-state index contributed by atoms with van der Waals surface area (Å²) < 4.78 is 0. The van der Waals surface area contributed by atoms with Crippen LogP contribution in [0.2, 0.25) is 6.32 Å². The third kappa shape index (κ3) is 4.15. The van der Waals surface area contributed by atoms with Crippen molar-refractivity contribution in [1.82, 2.24) is 0 Å². The third-order valence-electron chi connectivity index (χ3n) is 0.287. The Morgan fingerprint density at radius 2 is 2.20 bits per heavy atom. The second-order valence-electron chi connectivity index (χ2n) is 0.906. The molecule has 0 rings (SSSR count). The zero-order chi connectivity index (χ0) is 4.28. The number of hydrogen-bond donors (Lipinski definition) is 0. The smallest absolute Gasteiger partial charge is 0.0723 e. The van der Waals surface area contributed by atoms with Crippen LogP contribution in [0.3, 0.4) is 0 Å². The molecule has 0 saturated heterocycles. The molecule has 0 N–H and O–H groups in total. The van der Waals surface area contributed by atoms with Gasteiger partial charge in [0.15, 0.2) is 0 Å². The molecule has 0 aliphatic rings. The van der Waals surface area contributed by atoms with Gasteiger partial charge < -0.3 is 0 Å². The highest BCUT2D eigenvalue weighted by Crippen LogP contribution is 1.75. The maximum absolute atomic E-state index is 5.03. The molecular formula is C3H5BS. The van der Waals surface area contributed by atoms with Crippen molar-refractivity contribution in [1.29, 1.82) is 0 Å². The van der Waals surface area contributed by atoms with Crippen LogP contribution < -0.4 is 0 Å². The summed E-state index contributed by atoms with van der Waals surface area (Å²) in [5.41, 5.74) is 0. The van der Waals surface area contributed by atoms with Crippen molar-refractivity contribution in [3.05, 3.63) is 0 Å². The standard InChI is InChI=1S/C3H5BS/c1-3(5)2-4/h2H2,1H3. The van der Waals surface area contributed by atoms with Gasteiger partial charge in [-0.3, -0.25) is 0 Å². The summed E-state index contributed by atoms with van der Waals surface area (Å²) in [5.74, 6) is 0. The number of thiocarbonyl (C=S) groups is 1. The average molecular weight is 84.0 g/mol. The van der Waals surface area contributed by atoms with E-state index in [0.29, 0.717) is 6.32 Å². The van der Waals surface area contributed by atoms with Crippen LogP contribution in [0.1, 0.15) is 6.92 Å². The van der Waals surface area contributed by atoms with Crippen molar-refractivity contribution in [2.24, 2.45) is 0 Å². The van der Waals surface area contributed by atoms with Crippen LogP contribution in [0.25, 0.3) is 0 Å². The maximum Gasteiger partial charge on any atom is 0.0723 e. The van der Waals surface area contributed by atoms with Crippen molar-refractivity contribution in [2.75, 3.05) is 0 Å². The van der Waals surface area contributed by atoms with E-state index >= 15 is 0 Å². The van der Waals surface area contributed by atoms with E-state index in [0.717, 1.165) is 4.86 Å². The molecule has 0 spiro atoms. The topological polar surface area (TPSA) is 0 Å². The van der Waals surface area contributed by atoms with Crippen LogP contribution in [0.4, 0.5) is 0 Å². The van der Waals surface area contributed by atoms with Gasteiger partial charge in [0.25, 0.3) is 0 Å².